The van der Waals surface area contributed by atoms with Gasteiger partial charge in [0.15, 0.2) is 0 Å². The van der Waals surface area contributed by atoms with Crippen molar-refractivity contribution in [2.24, 2.45) is 0 Å². The van der Waals surface area contributed by atoms with Gasteiger partial charge in [0.05, 0.1) is 0 Å². The summed E-state index contributed by atoms with van der Waals surface area (Å²) < 4.78 is 0. The molecule has 0 amide bonds. The van der Waals surface area contributed by atoms with Gasteiger partial charge < -0.3 is 5.32 Å². The molecule has 1 aromatic rings. The zero-order chi connectivity index (χ0) is 11.9. The van der Waals surface area contributed by atoms with E-state index in [0.717, 1.165) is 11.8 Å². The maximum Gasteiger partial charge on any atom is 0.00944 e. The van der Waals surface area contributed by atoms with Gasteiger partial charge in [-0.1, -0.05) is 25.0 Å². The highest BCUT2D eigenvalue weighted by Crippen LogP contribution is 2.34. The van der Waals surface area contributed by atoms with Crippen molar-refractivity contribution in [1.82, 2.24) is 5.32 Å². The Morgan fingerprint density at radius 1 is 1.18 bits per heavy atom. The van der Waals surface area contributed by atoms with E-state index >= 15 is 0 Å². The van der Waals surface area contributed by atoms with Crippen LogP contribution < -0.4 is 5.32 Å². The lowest BCUT2D eigenvalue weighted by molar-refractivity contribution is 0.724. The maximum absolute atomic E-state index is 3.19. The topological polar surface area (TPSA) is 12.0 Å². The zero-order valence-electron chi connectivity index (χ0n) is 10.7. The van der Waals surface area contributed by atoms with Gasteiger partial charge in [-0.3, -0.25) is 0 Å². The van der Waals surface area contributed by atoms with E-state index in [1.807, 2.05) is 7.05 Å². The van der Waals surface area contributed by atoms with Crippen molar-refractivity contribution < 1.29 is 0 Å². The molecule has 94 valence electrons. The third-order valence-electron chi connectivity index (χ3n) is 3.42. The maximum atomic E-state index is 3.19. The van der Waals surface area contributed by atoms with Crippen LogP contribution in [-0.2, 0) is 6.42 Å². The van der Waals surface area contributed by atoms with Gasteiger partial charge in [-0.2, -0.15) is 0 Å². The molecule has 1 saturated carbocycles. The molecular formula is C15H23NS. The Bertz CT molecular complexity index is 314. The van der Waals surface area contributed by atoms with Gasteiger partial charge in [0.25, 0.3) is 0 Å². The molecule has 0 saturated heterocycles. The third kappa shape index (κ3) is 4.36. The molecule has 17 heavy (non-hydrogen) atoms. The van der Waals surface area contributed by atoms with E-state index < -0.39 is 0 Å². The average Bonchev–Trinajstić information content (AvgIpc) is 2.85. The number of rotatable bonds is 6. The minimum Gasteiger partial charge on any atom is -0.320 e. The molecule has 2 rings (SSSR count). The molecule has 0 aromatic heterocycles. The summed E-state index contributed by atoms with van der Waals surface area (Å²) >= 11 is 2.08. The first-order valence-electron chi connectivity index (χ1n) is 6.78. The molecule has 0 aliphatic heterocycles. The van der Waals surface area contributed by atoms with E-state index in [9.17, 15) is 0 Å². The largest absolute Gasteiger partial charge is 0.320 e. The summed E-state index contributed by atoms with van der Waals surface area (Å²) in [5, 5.41) is 4.07. The lowest BCUT2D eigenvalue weighted by Gasteiger charge is -2.09. The van der Waals surface area contributed by atoms with Crippen molar-refractivity contribution in [2.45, 2.75) is 48.7 Å². The standard InChI is InChI=1S/C15H23NS/c1-16-12-4-5-13-8-10-15(11-9-13)17-14-6-2-3-7-14/h8-11,14,16H,2-7,12H2,1H3. The van der Waals surface area contributed by atoms with E-state index in [1.165, 1.54) is 49.0 Å². The van der Waals surface area contributed by atoms with Crippen LogP contribution in [0.15, 0.2) is 29.2 Å². The number of hydrogen-bond donors (Lipinski definition) is 1. The first kappa shape index (κ1) is 13.0. The van der Waals surface area contributed by atoms with Crippen LogP contribution in [0, 0.1) is 0 Å². The molecule has 0 heterocycles. The van der Waals surface area contributed by atoms with E-state index in [1.54, 1.807) is 0 Å². The highest BCUT2D eigenvalue weighted by Gasteiger charge is 2.15. The van der Waals surface area contributed by atoms with Crippen LogP contribution in [0.25, 0.3) is 0 Å². The first-order valence-corrected chi connectivity index (χ1v) is 7.66. The van der Waals surface area contributed by atoms with Crippen molar-refractivity contribution >= 4 is 11.8 Å². The van der Waals surface area contributed by atoms with Crippen LogP contribution in [0.5, 0.6) is 0 Å². The van der Waals surface area contributed by atoms with Crippen LogP contribution in [-0.4, -0.2) is 18.8 Å². The van der Waals surface area contributed by atoms with Gasteiger partial charge in [-0.25, -0.2) is 0 Å². The Labute approximate surface area is 109 Å². The van der Waals surface area contributed by atoms with Crippen molar-refractivity contribution in [3.05, 3.63) is 29.8 Å². The van der Waals surface area contributed by atoms with Gasteiger partial charge in [0.2, 0.25) is 0 Å². The predicted molar refractivity (Wildman–Crippen MR) is 76.8 cm³/mol. The fraction of sp³-hybridized carbons (Fsp3) is 0.600. The summed E-state index contributed by atoms with van der Waals surface area (Å²) in [7, 11) is 2.02. The lowest BCUT2D eigenvalue weighted by Crippen LogP contribution is -2.08. The molecule has 1 aliphatic carbocycles. The summed E-state index contributed by atoms with van der Waals surface area (Å²) in [6.07, 6.45) is 8.10. The quantitative estimate of drug-likeness (QED) is 0.768. The van der Waals surface area contributed by atoms with Crippen molar-refractivity contribution in [3.8, 4) is 0 Å². The molecule has 0 radical (unpaired) electrons. The number of nitrogens with one attached hydrogen (secondary N) is 1. The lowest BCUT2D eigenvalue weighted by atomic mass is 10.1. The minimum atomic E-state index is 0.880. The van der Waals surface area contributed by atoms with Crippen LogP contribution in [0.2, 0.25) is 0 Å². The SMILES string of the molecule is CNCCCc1ccc(SC2CCCC2)cc1. The summed E-state index contributed by atoms with van der Waals surface area (Å²) in [5.74, 6) is 0. The van der Waals surface area contributed by atoms with Crippen molar-refractivity contribution in [1.29, 1.82) is 0 Å². The monoisotopic (exact) mass is 249 g/mol. The summed E-state index contributed by atoms with van der Waals surface area (Å²) in [4.78, 5) is 1.45. The normalized spacial score (nSPS) is 16.5. The van der Waals surface area contributed by atoms with Gasteiger partial charge in [-0.15, -0.1) is 11.8 Å². The van der Waals surface area contributed by atoms with Crippen molar-refractivity contribution in [2.75, 3.05) is 13.6 Å². The Hall–Kier alpha value is -0.470. The molecule has 0 spiro atoms. The Morgan fingerprint density at radius 3 is 2.53 bits per heavy atom. The van der Waals surface area contributed by atoms with Gasteiger partial charge in [-0.05, 0) is 57.0 Å². The van der Waals surface area contributed by atoms with Crippen LogP contribution >= 0.6 is 11.8 Å². The summed E-state index contributed by atoms with van der Waals surface area (Å²) in [5.41, 5.74) is 1.47. The van der Waals surface area contributed by atoms with Crippen LogP contribution in [0.3, 0.4) is 0 Å². The second kappa shape index (κ2) is 7.07. The molecule has 0 unspecified atom stereocenters. The van der Waals surface area contributed by atoms with Gasteiger partial charge >= 0.3 is 0 Å². The molecular weight excluding hydrogens is 226 g/mol. The van der Waals surface area contributed by atoms with Gasteiger partial charge in [0, 0.05) is 10.1 Å². The van der Waals surface area contributed by atoms with E-state index in [0.29, 0.717) is 0 Å². The van der Waals surface area contributed by atoms with E-state index in [4.69, 9.17) is 0 Å². The Kier molecular flexibility index (Phi) is 5.40. The molecule has 2 heteroatoms. The molecule has 1 fully saturated rings. The molecule has 1 nitrogen and oxygen atoms in total. The molecule has 1 aliphatic rings. The minimum absolute atomic E-state index is 0.880. The summed E-state index contributed by atoms with van der Waals surface area (Å²) in [6, 6.07) is 9.20. The first-order chi connectivity index (χ1) is 8.38. The van der Waals surface area contributed by atoms with Crippen LogP contribution in [0.4, 0.5) is 0 Å². The number of hydrogen-bond acceptors (Lipinski definition) is 2. The Morgan fingerprint density at radius 2 is 1.88 bits per heavy atom. The molecule has 0 bridgehead atoms. The van der Waals surface area contributed by atoms with Gasteiger partial charge in [0.1, 0.15) is 0 Å². The number of aryl methyl sites for hydroxylation is 1. The van der Waals surface area contributed by atoms with Crippen molar-refractivity contribution in [3.63, 3.8) is 0 Å². The summed E-state index contributed by atoms with van der Waals surface area (Å²) in [6.45, 7) is 1.11. The highest BCUT2D eigenvalue weighted by molar-refractivity contribution is 8.00. The fourth-order valence-corrected chi connectivity index (χ4v) is 3.65. The number of thioether (sulfide) groups is 1. The zero-order valence-corrected chi connectivity index (χ0v) is 11.6. The highest BCUT2D eigenvalue weighted by atomic mass is 32.2. The average molecular weight is 249 g/mol. The molecule has 1 N–H and O–H groups in total. The molecule has 0 atom stereocenters. The van der Waals surface area contributed by atoms with Crippen LogP contribution in [0.1, 0.15) is 37.7 Å². The molecule has 1 aromatic carbocycles. The fourth-order valence-electron chi connectivity index (χ4n) is 2.40. The number of benzene rings is 1. The Balaban J connectivity index is 1.80. The third-order valence-corrected chi connectivity index (χ3v) is 4.77. The smallest absolute Gasteiger partial charge is 0.00944 e. The second-order valence-electron chi connectivity index (χ2n) is 4.88. The predicted octanol–water partition coefficient (Wildman–Crippen LogP) is 3.87. The van der Waals surface area contributed by atoms with E-state index in [-0.39, 0.29) is 0 Å². The second-order valence-corrected chi connectivity index (χ2v) is 6.25. The van der Waals surface area contributed by atoms with E-state index in [2.05, 4.69) is 41.3 Å².